The van der Waals surface area contributed by atoms with E-state index in [2.05, 4.69) is 0 Å². The van der Waals surface area contributed by atoms with Crippen molar-refractivity contribution < 1.29 is 29.0 Å². The molecule has 6 heteroatoms. The number of carboxylic acids is 1. The number of carbonyl (C=O) groups is 3. The molecule has 1 aromatic rings. The van der Waals surface area contributed by atoms with Crippen molar-refractivity contribution in [2.75, 3.05) is 0 Å². The molecule has 0 aliphatic carbocycles. The van der Waals surface area contributed by atoms with E-state index >= 15 is 0 Å². The van der Waals surface area contributed by atoms with Crippen LogP contribution in [0.15, 0.2) is 24.3 Å². The van der Waals surface area contributed by atoms with Crippen molar-refractivity contribution in [2.24, 2.45) is 0 Å². The standard InChI is InChI=1S/C12H12O6/c1-7(13)17-12(18-8(2)14)10-5-3-9(4-6-10)11(15)16/h3-6,12H,1-2H3,(H,15,16). The Labute approximate surface area is 103 Å². The highest BCUT2D eigenvalue weighted by Crippen LogP contribution is 2.20. The second-order valence-electron chi connectivity index (χ2n) is 3.48. The van der Waals surface area contributed by atoms with E-state index in [1.807, 2.05) is 0 Å². The minimum Gasteiger partial charge on any atom is -0.478 e. The van der Waals surface area contributed by atoms with Gasteiger partial charge in [-0.3, -0.25) is 9.59 Å². The van der Waals surface area contributed by atoms with Crippen molar-refractivity contribution >= 4 is 17.9 Å². The molecule has 1 N–H and O–H groups in total. The summed E-state index contributed by atoms with van der Waals surface area (Å²) in [7, 11) is 0. The summed E-state index contributed by atoms with van der Waals surface area (Å²) >= 11 is 0. The molecule has 0 saturated carbocycles. The van der Waals surface area contributed by atoms with Crippen LogP contribution >= 0.6 is 0 Å². The molecule has 0 unspecified atom stereocenters. The van der Waals surface area contributed by atoms with Gasteiger partial charge in [-0.25, -0.2) is 4.79 Å². The highest BCUT2D eigenvalue weighted by Gasteiger charge is 2.18. The monoisotopic (exact) mass is 252 g/mol. The molecule has 6 nitrogen and oxygen atoms in total. The van der Waals surface area contributed by atoms with Gasteiger partial charge in [0.15, 0.2) is 0 Å². The summed E-state index contributed by atoms with van der Waals surface area (Å²) in [5, 5.41) is 8.73. The topological polar surface area (TPSA) is 89.9 Å². The Balaban J connectivity index is 2.93. The zero-order chi connectivity index (χ0) is 13.7. The molecule has 96 valence electrons. The molecule has 0 atom stereocenters. The molecular formula is C12H12O6. The number of carbonyl (C=O) groups excluding carboxylic acids is 2. The fourth-order valence-electron chi connectivity index (χ4n) is 1.24. The van der Waals surface area contributed by atoms with Gasteiger partial charge in [0, 0.05) is 19.4 Å². The van der Waals surface area contributed by atoms with Crippen LogP contribution in [0.3, 0.4) is 0 Å². The normalized spacial score (nSPS) is 9.94. The first-order chi connectivity index (χ1) is 8.40. The van der Waals surface area contributed by atoms with Crippen molar-refractivity contribution in [2.45, 2.75) is 20.1 Å². The van der Waals surface area contributed by atoms with E-state index in [-0.39, 0.29) is 5.56 Å². The molecule has 0 amide bonds. The summed E-state index contributed by atoms with van der Waals surface area (Å²) in [5.41, 5.74) is 0.466. The maximum absolute atomic E-state index is 10.9. The minimum absolute atomic E-state index is 0.0863. The highest BCUT2D eigenvalue weighted by atomic mass is 16.7. The number of aromatic carboxylic acids is 1. The molecule has 0 spiro atoms. The molecule has 0 aromatic heterocycles. The SMILES string of the molecule is CC(=O)OC(OC(C)=O)c1ccc(C(=O)O)cc1. The Kier molecular flexibility index (Phi) is 4.42. The molecule has 18 heavy (non-hydrogen) atoms. The molecule has 0 radical (unpaired) electrons. The Hall–Kier alpha value is -2.37. The zero-order valence-corrected chi connectivity index (χ0v) is 9.88. The van der Waals surface area contributed by atoms with Gasteiger partial charge in [-0.05, 0) is 12.1 Å². The zero-order valence-electron chi connectivity index (χ0n) is 9.88. The van der Waals surface area contributed by atoms with Crippen molar-refractivity contribution in [3.05, 3.63) is 35.4 Å². The van der Waals surface area contributed by atoms with Gasteiger partial charge in [-0.2, -0.15) is 0 Å². The van der Waals surface area contributed by atoms with Gasteiger partial charge in [0.25, 0.3) is 6.29 Å². The number of hydrogen-bond donors (Lipinski definition) is 1. The van der Waals surface area contributed by atoms with Gasteiger partial charge in [0.1, 0.15) is 0 Å². The van der Waals surface area contributed by atoms with E-state index in [1.165, 1.54) is 38.1 Å². The van der Waals surface area contributed by atoms with Crippen LogP contribution in [0.4, 0.5) is 0 Å². The Morgan fingerprint density at radius 1 is 1.00 bits per heavy atom. The van der Waals surface area contributed by atoms with Gasteiger partial charge in [0.2, 0.25) is 0 Å². The van der Waals surface area contributed by atoms with E-state index in [4.69, 9.17) is 14.6 Å². The molecule has 0 aliphatic heterocycles. The number of carboxylic acid groups (broad SMARTS) is 1. The van der Waals surface area contributed by atoms with E-state index in [0.29, 0.717) is 5.56 Å². The van der Waals surface area contributed by atoms with Gasteiger partial charge < -0.3 is 14.6 Å². The predicted molar refractivity (Wildman–Crippen MR) is 59.7 cm³/mol. The van der Waals surface area contributed by atoms with Crippen molar-refractivity contribution in [1.29, 1.82) is 0 Å². The molecule has 0 heterocycles. The maximum atomic E-state index is 10.9. The third kappa shape index (κ3) is 3.89. The number of esters is 2. The van der Waals surface area contributed by atoms with Crippen LogP contribution in [-0.2, 0) is 19.1 Å². The largest absolute Gasteiger partial charge is 0.478 e. The van der Waals surface area contributed by atoms with Crippen molar-refractivity contribution in [1.82, 2.24) is 0 Å². The average molecular weight is 252 g/mol. The Morgan fingerprint density at radius 3 is 1.78 bits per heavy atom. The predicted octanol–water partition coefficient (Wildman–Crippen LogP) is 1.51. The lowest BCUT2D eigenvalue weighted by Gasteiger charge is -2.16. The van der Waals surface area contributed by atoms with Crippen LogP contribution in [0.2, 0.25) is 0 Å². The molecule has 1 aromatic carbocycles. The molecule has 0 fully saturated rings. The van der Waals surface area contributed by atoms with Crippen molar-refractivity contribution in [3.8, 4) is 0 Å². The molecule has 0 aliphatic rings. The van der Waals surface area contributed by atoms with Crippen LogP contribution in [-0.4, -0.2) is 23.0 Å². The molecule has 0 saturated heterocycles. The van der Waals surface area contributed by atoms with Gasteiger partial charge in [0.05, 0.1) is 5.56 Å². The van der Waals surface area contributed by atoms with Crippen molar-refractivity contribution in [3.63, 3.8) is 0 Å². The number of benzene rings is 1. The summed E-state index contributed by atoms with van der Waals surface area (Å²) in [6.07, 6.45) is -1.16. The summed E-state index contributed by atoms with van der Waals surface area (Å²) < 4.78 is 9.64. The molecule has 0 bridgehead atoms. The van der Waals surface area contributed by atoms with Crippen LogP contribution in [0.1, 0.15) is 36.1 Å². The average Bonchev–Trinajstić information content (AvgIpc) is 2.27. The minimum atomic E-state index is -1.16. The van der Waals surface area contributed by atoms with Gasteiger partial charge in [-0.1, -0.05) is 12.1 Å². The summed E-state index contributed by atoms with van der Waals surface area (Å²) in [5.74, 6) is -2.29. The second kappa shape index (κ2) is 5.81. The van der Waals surface area contributed by atoms with E-state index in [0.717, 1.165) is 0 Å². The first-order valence-electron chi connectivity index (χ1n) is 5.08. The van der Waals surface area contributed by atoms with Crippen LogP contribution in [0.5, 0.6) is 0 Å². The van der Waals surface area contributed by atoms with E-state index < -0.39 is 24.2 Å². The highest BCUT2D eigenvalue weighted by molar-refractivity contribution is 5.87. The summed E-state index contributed by atoms with van der Waals surface area (Å²) in [4.78, 5) is 32.4. The Morgan fingerprint density at radius 2 is 1.44 bits per heavy atom. The van der Waals surface area contributed by atoms with E-state index in [9.17, 15) is 14.4 Å². The molecular weight excluding hydrogens is 240 g/mol. The first kappa shape index (κ1) is 13.7. The van der Waals surface area contributed by atoms with E-state index in [1.54, 1.807) is 0 Å². The fourth-order valence-corrected chi connectivity index (χ4v) is 1.24. The maximum Gasteiger partial charge on any atom is 0.335 e. The van der Waals surface area contributed by atoms with Crippen LogP contribution in [0.25, 0.3) is 0 Å². The Bertz CT molecular complexity index is 446. The second-order valence-corrected chi connectivity index (χ2v) is 3.48. The summed E-state index contributed by atoms with van der Waals surface area (Å²) in [6, 6.07) is 5.50. The first-order valence-corrected chi connectivity index (χ1v) is 5.08. The third-order valence-electron chi connectivity index (χ3n) is 1.98. The molecule has 1 rings (SSSR count). The van der Waals surface area contributed by atoms with Crippen LogP contribution in [0, 0.1) is 0 Å². The number of rotatable bonds is 4. The van der Waals surface area contributed by atoms with Gasteiger partial charge in [-0.15, -0.1) is 0 Å². The fraction of sp³-hybridized carbons (Fsp3) is 0.250. The lowest BCUT2D eigenvalue weighted by molar-refractivity contribution is -0.186. The van der Waals surface area contributed by atoms with Crippen LogP contribution < -0.4 is 0 Å². The summed E-state index contributed by atoms with van der Waals surface area (Å²) in [6.45, 7) is 2.37. The third-order valence-corrected chi connectivity index (χ3v) is 1.98. The van der Waals surface area contributed by atoms with Gasteiger partial charge >= 0.3 is 17.9 Å². The number of hydrogen-bond acceptors (Lipinski definition) is 5. The number of ether oxygens (including phenoxy) is 2. The lowest BCUT2D eigenvalue weighted by Crippen LogP contribution is -2.15. The smallest absolute Gasteiger partial charge is 0.335 e. The lowest BCUT2D eigenvalue weighted by atomic mass is 10.1. The quantitative estimate of drug-likeness (QED) is 0.645.